The van der Waals surface area contributed by atoms with Gasteiger partial charge in [0.1, 0.15) is 18.1 Å². The number of rotatable bonds is 3. The number of hydrogen-bond acceptors (Lipinski definition) is 5. The van der Waals surface area contributed by atoms with Crippen LogP contribution in [0.5, 0.6) is 5.88 Å². The number of amides is 1. The van der Waals surface area contributed by atoms with Crippen molar-refractivity contribution in [3.8, 4) is 5.88 Å². The zero-order valence-electron chi connectivity index (χ0n) is 14.1. The van der Waals surface area contributed by atoms with Gasteiger partial charge in [0.15, 0.2) is 0 Å². The number of carbonyl (C=O) groups is 1. The van der Waals surface area contributed by atoms with Gasteiger partial charge in [-0.05, 0) is 19.1 Å². The summed E-state index contributed by atoms with van der Waals surface area (Å²) in [6, 6.07) is 11.6. The maximum Gasteiger partial charge on any atom is 0.270 e. The normalized spacial score (nSPS) is 14.7. The van der Waals surface area contributed by atoms with Crippen LogP contribution in [0.2, 0.25) is 0 Å². The van der Waals surface area contributed by atoms with Crippen LogP contribution in [-0.4, -0.2) is 54.6 Å². The van der Waals surface area contributed by atoms with Gasteiger partial charge in [0.05, 0.1) is 13.1 Å². The fourth-order valence-electron chi connectivity index (χ4n) is 3.19. The Morgan fingerprint density at radius 2 is 2.12 bits per heavy atom. The van der Waals surface area contributed by atoms with Crippen LogP contribution in [0.25, 0.3) is 16.7 Å². The number of para-hydroxylation sites is 1. The monoisotopic (exact) mass is 348 g/mol. The first kappa shape index (κ1) is 14.9. The molecule has 0 aliphatic carbocycles. The number of aryl methyl sites for hydroxylation is 1. The van der Waals surface area contributed by atoms with Crippen molar-refractivity contribution >= 4 is 22.6 Å². The molecule has 4 aromatic rings. The topological polar surface area (TPSA) is 88.4 Å². The molecule has 1 saturated heterocycles. The molecule has 4 heterocycles. The third kappa shape index (κ3) is 2.38. The molecule has 5 rings (SSSR count). The number of hydrogen-bond donors (Lipinski definition) is 1. The van der Waals surface area contributed by atoms with Gasteiger partial charge in [-0.15, -0.1) is 0 Å². The minimum Gasteiger partial charge on any atom is -0.470 e. The van der Waals surface area contributed by atoms with E-state index in [2.05, 4.69) is 20.1 Å². The van der Waals surface area contributed by atoms with Gasteiger partial charge < -0.3 is 14.6 Å². The van der Waals surface area contributed by atoms with Gasteiger partial charge in [-0.1, -0.05) is 18.2 Å². The van der Waals surface area contributed by atoms with Gasteiger partial charge >= 0.3 is 0 Å². The maximum absolute atomic E-state index is 12.6. The van der Waals surface area contributed by atoms with E-state index in [4.69, 9.17) is 4.74 Å². The Bertz CT molecular complexity index is 1090. The number of ether oxygens (including phenoxy) is 1. The summed E-state index contributed by atoms with van der Waals surface area (Å²) in [5, 5.41) is 5.16. The van der Waals surface area contributed by atoms with E-state index < -0.39 is 0 Å². The van der Waals surface area contributed by atoms with Crippen LogP contribution in [-0.2, 0) is 0 Å². The van der Waals surface area contributed by atoms with Gasteiger partial charge in [0.25, 0.3) is 11.7 Å². The quantitative estimate of drug-likeness (QED) is 0.610. The Kier molecular flexibility index (Phi) is 3.18. The zero-order chi connectivity index (χ0) is 17.7. The van der Waals surface area contributed by atoms with Crippen molar-refractivity contribution in [1.29, 1.82) is 0 Å². The molecule has 1 N–H and O–H groups in total. The molecule has 130 valence electrons. The van der Waals surface area contributed by atoms with E-state index >= 15 is 0 Å². The fourth-order valence-corrected chi connectivity index (χ4v) is 3.19. The molecular weight excluding hydrogens is 332 g/mol. The Balaban J connectivity index is 1.29. The minimum absolute atomic E-state index is 0.0159. The van der Waals surface area contributed by atoms with Crippen LogP contribution >= 0.6 is 0 Å². The molecule has 8 nitrogen and oxygen atoms in total. The molecule has 1 fully saturated rings. The SMILES string of the molecule is Cc1cc(OC2CN(C(=O)c3cc4ccccc4[nH]3)C2)n2ncnc2n1. The summed E-state index contributed by atoms with van der Waals surface area (Å²) in [5.41, 5.74) is 2.37. The summed E-state index contributed by atoms with van der Waals surface area (Å²) >= 11 is 0. The molecule has 26 heavy (non-hydrogen) atoms. The summed E-state index contributed by atoms with van der Waals surface area (Å²) in [6.07, 6.45) is 1.37. The second-order valence-corrected chi connectivity index (χ2v) is 6.43. The van der Waals surface area contributed by atoms with Crippen molar-refractivity contribution in [3.63, 3.8) is 0 Å². The fraction of sp³-hybridized carbons (Fsp3) is 0.222. The predicted octanol–water partition coefficient (Wildman–Crippen LogP) is 1.82. The van der Waals surface area contributed by atoms with Crippen molar-refractivity contribution < 1.29 is 9.53 Å². The molecule has 0 saturated carbocycles. The van der Waals surface area contributed by atoms with Crippen LogP contribution in [0.15, 0.2) is 42.7 Å². The molecule has 8 heteroatoms. The van der Waals surface area contributed by atoms with E-state index in [9.17, 15) is 4.79 Å². The zero-order valence-corrected chi connectivity index (χ0v) is 14.1. The van der Waals surface area contributed by atoms with Crippen LogP contribution < -0.4 is 4.74 Å². The highest BCUT2D eigenvalue weighted by Gasteiger charge is 2.34. The number of carbonyl (C=O) groups excluding carboxylic acids is 1. The molecule has 1 amide bonds. The lowest BCUT2D eigenvalue weighted by atomic mass is 10.1. The van der Waals surface area contributed by atoms with Crippen molar-refractivity contribution in [3.05, 3.63) is 54.1 Å². The van der Waals surface area contributed by atoms with Crippen molar-refractivity contribution in [2.75, 3.05) is 13.1 Å². The summed E-state index contributed by atoms with van der Waals surface area (Å²) in [6.45, 7) is 2.95. The van der Waals surface area contributed by atoms with E-state index in [1.807, 2.05) is 43.3 Å². The highest BCUT2D eigenvalue weighted by atomic mass is 16.5. The van der Waals surface area contributed by atoms with E-state index in [1.165, 1.54) is 6.33 Å². The average Bonchev–Trinajstić information content (AvgIpc) is 3.23. The lowest BCUT2D eigenvalue weighted by Crippen LogP contribution is -2.56. The number of aromatic nitrogens is 5. The lowest BCUT2D eigenvalue weighted by molar-refractivity contribution is 0.0147. The van der Waals surface area contributed by atoms with Gasteiger partial charge in [0, 0.05) is 22.7 Å². The highest BCUT2D eigenvalue weighted by molar-refractivity contribution is 5.98. The molecule has 0 unspecified atom stereocenters. The molecule has 3 aromatic heterocycles. The average molecular weight is 348 g/mol. The number of H-pyrrole nitrogens is 1. The Morgan fingerprint density at radius 3 is 2.96 bits per heavy atom. The summed E-state index contributed by atoms with van der Waals surface area (Å²) in [5.74, 6) is 1.08. The van der Waals surface area contributed by atoms with Gasteiger partial charge in [-0.25, -0.2) is 4.98 Å². The number of nitrogens with one attached hydrogen (secondary N) is 1. The highest BCUT2D eigenvalue weighted by Crippen LogP contribution is 2.22. The largest absolute Gasteiger partial charge is 0.470 e. The number of likely N-dealkylation sites (tertiary alicyclic amines) is 1. The molecule has 0 radical (unpaired) electrons. The third-order valence-electron chi connectivity index (χ3n) is 4.53. The molecule has 1 aliphatic rings. The molecule has 0 atom stereocenters. The van der Waals surface area contributed by atoms with Gasteiger partial charge in [-0.2, -0.15) is 14.6 Å². The smallest absolute Gasteiger partial charge is 0.270 e. The second-order valence-electron chi connectivity index (χ2n) is 6.43. The standard InChI is InChI=1S/C18H16N6O2/c1-11-6-16(24-18(21-11)19-10-20-24)26-13-8-23(9-13)17(25)15-7-12-4-2-3-5-14(12)22-15/h2-7,10,13,22H,8-9H2,1H3. The van der Waals surface area contributed by atoms with E-state index in [1.54, 1.807) is 9.42 Å². The summed E-state index contributed by atoms with van der Waals surface area (Å²) in [7, 11) is 0. The predicted molar refractivity (Wildman–Crippen MR) is 94.1 cm³/mol. The molecule has 1 aliphatic heterocycles. The van der Waals surface area contributed by atoms with Crippen molar-refractivity contribution in [2.45, 2.75) is 13.0 Å². The van der Waals surface area contributed by atoms with Crippen LogP contribution in [0.1, 0.15) is 16.2 Å². The van der Waals surface area contributed by atoms with Crippen LogP contribution in [0, 0.1) is 6.92 Å². The van der Waals surface area contributed by atoms with Crippen molar-refractivity contribution in [2.24, 2.45) is 0 Å². The van der Waals surface area contributed by atoms with E-state index in [-0.39, 0.29) is 12.0 Å². The van der Waals surface area contributed by atoms with E-state index in [0.717, 1.165) is 16.6 Å². The van der Waals surface area contributed by atoms with Crippen LogP contribution in [0.4, 0.5) is 0 Å². The minimum atomic E-state index is -0.0717. The van der Waals surface area contributed by atoms with Gasteiger partial charge in [-0.3, -0.25) is 4.79 Å². The molecule has 0 spiro atoms. The third-order valence-corrected chi connectivity index (χ3v) is 4.53. The first-order valence-corrected chi connectivity index (χ1v) is 8.38. The summed E-state index contributed by atoms with van der Waals surface area (Å²) < 4.78 is 7.56. The molecule has 1 aromatic carbocycles. The lowest BCUT2D eigenvalue weighted by Gasteiger charge is -2.38. The van der Waals surface area contributed by atoms with Crippen LogP contribution in [0.3, 0.4) is 0 Å². The molecular formula is C18H16N6O2. The van der Waals surface area contributed by atoms with Gasteiger partial charge in [0.2, 0.25) is 5.88 Å². The first-order valence-electron chi connectivity index (χ1n) is 8.38. The Hall–Kier alpha value is -3.42. The number of fused-ring (bicyclic) bond motifs is 2. The van der Waals surface area contributed by atoms with Crippen molar-refractivity contribution in [1.82, 2.24) is 29.5 Å². The molecule has 0 bridgehead atoms. The Morgan fingerprint density at radius 1 is 1.27 bits per heavy atom. The second kappa shape index (κ2) is 5.55. The number of benzene rings is 1. The number of aromatic amines is 1. The Labute approximate surface area is 148 Å². The van der Waals surface area contributed by atoms with E-state index in [0.29, 0.717) is 30.4 Å². The first-order chi connectivity index (χ1) is 12.7. The maximum atomic E-state index is 12.6. The number of nitrogens with zero attached hydrogens (tertiary/aromatic N) is 5. The summed E-state index contributed by atoms with van der Waals surface area (Å²) in [4.78, 5) is 25.9.